The zero-order chi connectivity index (χ0) is 51.7. The standard InChI is InChI=1S/C65H58N3O3P3/c1-64(2,3)50-39-41-56(42-40-50)73(70,54-31-15-9-16-32-54)58-36-20-24-48(44-58)62-66-61(47-23-19-35-57(43-47)72(69,52-27-11-7-12-28-52)53-29-13-8-14-30-53)67-63(68-62)49-25-21-37-59(45-49)74(71,55-33-17-10-18-34-55)60-38-22-26-51(46-60)65(4,5)6/h7-46H,1-6H3. The van der Waals surface area contributed by atoms with Crippen LogP contribution < -0.4 is 47.7 Å². The smallest absolute Gasteiger partial charge is 0.171 e. The van der Waals surface area contributed by atoms with Crippen LogP contribution in [0.15, 0.2) is 243 Å². The number of hydrogen-bond acceptors (Lipinski definition) is 6. The summed E-state index contributed by atoms with van der Waals surface area (Å²) in [5.41, 5.74) is 3.88. The Morgan fingerprint density at radius 3 is 0.824 bits per heavy atom. The van der Waals surface area contributed by atoms with Gasteiger partial charge in [-0.05, 0) is 46.2 Å². The molecule has 0 saturated heterocycles. The molecule has 0 spiro atoms. The second kappa shape index (κ2) is 20.2. The second-order valence-electron chi connectivity index (χ2n) is 20.7. The zero-order valence-electron chi connectivity index (χ0n) is 42.5. The third-order valence-electron chi connectivity index (χ3n) is 13.7. The predicted octanol–water partition coefficient (Wildman–Crippen LogP) is 12.4. The lowest BCUT2D eigenvalue weighted by atomic mass is 9.87. The van der Waals surface area contributed by atoms with Crippen molar-refractivity contribution < 1.29 is 13.7 Å². The van der Waals surface area contributed by atoms with Gasteiger partial charge in [0.25, 0.3) is 0 Å². The fourth-order valence-corrected chi connectivity index (χ4v) is 17.6. The number of rotatable bonds is 12. The Balaban J connectivity index is 1.18. The molecule has 1 heterocycles. The first-order chi connectivity index (χ1) is 35.6. The third kappa shape index (κ3) is 9.67. The van der Waals surface area contributed by atoms with Gasteiger partial charge in [0, 0.05) is 64.4 Å². The fourth-order valence-electron chi connectivity index (χ4n) is 9.52. The normalized spacial score (nSPS) is 13.6. The molecule has 0 aliphatic heterocycles. The summed E-state index contributed by atoms with van der Waals surface area (Å²) < 4.78 is 47.9. The van der Waals surface area contributed by atoms with E-state index in [0.717, 1.165) is 21.7 Å². The first-order valence-electron chi connectivity index (χ1n) is 24.9. The van der Waals surface area contributed by atoms with E-state index in [1.165, 1.54) is 0 Å². The molecule has 10 aromatic rings. The maximum atomic E-state index is 16.1. The van der Waals surface area contributed by atoms with Gasteiger partial charge in [0.15, 0.2) is 38.9 Å². The first-order valence-corrected chi connectivity index (χ1v) is 30.0. The van der Waals surface area contributed by atoms with Crippen molar-refractivity contribution >= 4 is 69.2 Å². The molecule has 2 atom stereocenters. The first kappa shape index (κ1) is 50.2. The van der Waals surface area contributed by atoms with E-state index in [4.69, 9.17) is 15.0 Å². The van der Waals surface area contributed by atoms with E-state index in [0.29, 0.717) is 71.3 Å². The van der Waals surface area contributed by atoms with Gasteiger partial charge in [0.05, 0.1) is 0 Å². The van der Waals surface area contributed by atoms with Crippen LogP contribution in [0.25, 0.3) is 34.2 Å². The molecule has 0 aliphatic carbocycles. The molecular weight excluding hydrogens is 964 g/mol. The van der Waals surface area contributed by atoms with Crippen LogP contribution in [0, 0.1) is 0 Å². The number of nitrogens with zero attached hydrogens (tertiary/aromatic N) is 3. The highest BCUT2D eigenvalue weighted by molar-refractivity contribution is 7.86. The Morgan fingerprint density at radius 1 is 0.257 bits per heavy atom. The van der Waals surface area contributed by atoms with Gasteiger partial charge in [-0.3, -0.25) is 0 Å². The minimum Gasteiger partial charge on any atom is -0.309 e. The molecule has 6 nitrogen and oxygen atoms in total. The highest BCUT2D eigenvalue weighted by Crippen LogP contribution is 2.46. The van der Waals surface area contributed by atoms with Crippen LogP contribution in [0.3, 0.4) is 0 Å². The van der Waals surface area contributed by atoms with Gasteiger partial charge in [-0.25, -0.2) is 15.0 Å². The summed E-state index contributed by atoms with van der Waals surface area (Å²) in [7, 11) is -10.3. The monoisotopic (exact) mass is 1020 g/mol. The Kier molecular flexibility index (Phi) is 13.7. The lowest BCUT2D eigenvalue weighted by molar-refractivity contribution is 0.588. The molecular formula is C65H58N3O3P3. The Morgan fingerprint density at radius 2 is 0.514 bits per heavy atom. The van der Waals surface area contributed by atoms with Crippen molar-refractivity contribution in [2.24, 2.45) is 0 Å². The van der Waals surface area contributed by atoms with Gasteiger partial charge in [-0.2, -0.15) is 0 Å². The van der Waals surface area contributed by atoms with Crippen molar-refractivity contribution in [3.63, 3.8) is 0 Å². The summed E-state index contributed by atoms with van der Waals surface area (Å²) in [5, 5.41) is 6.18. The molecule has 2 unspecified atom stereocenters. The Labute approximate surface area is 435 Å². The molecule has 0 N–H and O–H groups in total. The molecule has 1 aromatic heterocycles. The highest BCUT2D eigenvalue weighted by Gasteiger charge is 2.34. The summed E-state index contributed by atoms with van der Waals surface area (Å²) in [6, 6.07) is 77.8. The molecule has 0 bridgehead atoms. The largest absolute Gasteiger partial charge is 0.309 e. The minimum atomic E-state index is -3.47. The lowest BCUT2D eigenvalue weighted by Crippen LogP contribution is -2.26. The number of aromatic nitrogens is 3. The van der Waals surface area contributed by atoms with Crippen LogP contribution in [0.5, 0.6) is 0 Å². The third-order valence-corrected chi connectivity index (χ3v) is 22.8. The molecule has 366 valence electrons. The fraction of sp³-hybridized carbons (Fsp3) is 0.123. The van der Waals surface area contributed by atoms with Crippen molar-refractivity contribution in [1.82, 2.24) is 15.0 Å². The summed E-state index contributed by atoms with van der Waals surface area (Å²) in [6.07, 6.45) is 0. The van der Waals surface area contributed by atoms with E-state index in [1.807, 2.05) is 218 Å². The highest BCUT2D eigenvalue weighted by atomic mass is 31.2. The molecule has 0 amide bonds. The number of hydrogen-bond donors (Lipinski definition) is 0. The van der Waals surface area contributed by atoms with Gasteiger partial charge >= 0.3 is 0 Å². The second-order valence-corrected chi connectivity index (χ2v) is 29.0. The van der Waals surface area contributed by atoms with Gasteiger partial charge in [0.1, 0.15) is 0 Å². The summed E-state index contributed by atoms with van der Waals surface area (Å²) in [4.78, 5) is 15.7. The van der Waals surface area contributed by atoms with E-state index in [-0.39, 0.29) is 10.8 Å². The van der Waals surface area contributed by atoms with Crippen LogP contribution in [-0.2, 0) is 24.5 Å². The van der Waals surface area contributed by atoms with E-state index < -0.39 is 21.4 Å². The van der Waals surface area contributed by atoms with Crippen molar-refractivity contribution in [2.45, 2.75) is 52.4 Å². The molecule has 10 rings (SSSR count). The Hall–Kier alpha value is -7.32. The quantitative estimate of drug-likeness (QED) is 0.113. The van der Waals surface area contributed by atoms with E-state index in [2.05, 4.69) is 65.8 Å². The van der Waals surface area contributed by atoms with Crippen LogP contribution in [0.1, 0.15) is 52.7 Å². The van der Waals surface area contributed by atoms with Gasteiger partial charge in [-0.15, -0.1) is 0 Å². The van der Waals surface area contributed by atoms with Gasteiger partial charge < -0.3 is 13.7 Å². The Bertz CT molecular complexity index is 3740. The van der Waals surface area contributed by atoms with Crippen LogP contribution in [-0.4, -0.2) is 15.0 Å². The number of benzene rings is 9. The summed E-state index contributed by atoms with van der Waals surface area (Å²) >= 11 is 0. The molecule has 0 fully saturated rings. The van der Waals surface area contributed by atoms with Crippen LogP contribution in [0.2, 0.25) is 0 Å². The summed E-state index contributed by atoms with van der Waals surface area (Å²) in [6.45, 7) is 13.0. The topological polar surface area (TPSA) is 89.9 Å². The predicted molar refractivity (Wildman–Crippen MR) is 312 cm³/mol. The SMILES string of the molecule is CC(C)(C)c1ccc(P(=O)(c2ccccc2)c2cccc(-c3nc(-c4cccc(P(=O)(c5ccccc5)c5ccccc5)c4)nc(-c4cccc(P(=O)(c5ccccc5)c5cccc(C(C)(C)C)c5)c4)n3)c2)cc1. The van der Waals surface area contributed by atoms with Gasteiger partial charge in [0.2, 0.25) is 0 Å². The van der Waals surface area contributed by atoms with E-state index in [1.54, 1.807) is 0 Å². The van der Waals surface area contributed by atoms with Gasteiger partial charge in [-0.1, -0.05) is 260 Å². The lowest BCUT2D eigenvalue weighted by Gasteiger charge is -2.24. The van der Waals surface area contributed by atoms with E-state index in [9.17, 15) is 0 Å². The molecule has 9 heteroatoms. The van der Waals surface area contributed by atoms with Crippen LogP contribution >= 0.6 is 21.4 Å². The molecule has 74 heavy (non-hydrogen) atoms. The van der Waals surface area contributed by atoms with Crippen LogP contribution in [0.4, 0.5) is 0 Å². The van der Waals surface area contributed by atoms with Crippen molar-refractivity contribution in [3.8, 4) is 34.2 Å². The zero-order valence-corrected chi connectivity index (χ0v) is 45.2. The van der Waals surface area contributed by atoms with Crippen molar-refractivity contribution in [2.75, 3.05) is 0 Å². The maximum absolute atomic E-state index is 16.1. The van der Waals surface area contributed by atoms with E-state index >= 15 is 13.7 Å². The van der Waals surface area contributed by atoms with Crippen molar-refractivity contribution in [3.05, 3.63) is 254 Å². The average Bonchev–Trinajstić information content (AvgIpc) is 3.45. The molecule has 0 aliphatic rings. The maximum Gasteiger partial charge on any atom is 0.171 e. The summed E-state index contributed by atoms with van der Waals surface area (Å²) in [5.74, 6) is 1.05. The molecule has 0 radical (unpaired) electrons. The molecule has 9 aromatic carbocycles. The van der Waals surface area contributed by atoms with Crippen molar-refractivity contribution in [1.29, 1.82) is 0 Å². The average molecular weight is 1020 g/mol. The minimum absolute atomic E-state index is 0.0852. The molecule has 0 saturated carbocycles.